The van der Waals surface area contributed by atoms with Crippen molar-refractivity contribution in [2.45, 2.75) is 38.5 Å². The number of hydrogen-bond donors (Lipinski definition) is 0. The lowest BCUT2D eigenvalue weighted by atomic mass is 10.1. The van der Waals surface area contributed by atoms with Crippen molar-refractivity contribution in [3.63, 3.8) is 0 Å². The highest BCUT2D eigenvalue weighted by Gasteiger charge is 2.55. The van der Waals surface area contributed by atoms with E-state index < -0.39 is 5.79 Å². The summed E-state index contributed by atoms with van der Waals surface area (Å²) in [6.07, 6.45) is 2.90. The van der Waals surface area contributed by atoms with Crippen LogP contribution >= 0.6 is 11.6 Å². The van der Waals surface area contributed by atoms with Gasteiger partial charge in [0.25, 0.3) is 11.7 Å². The van der Waals surface area contributed by atoms with Gasteiger partial charge in [-0.3, -0.25) is 4.79 Å². The predicted molar refractivity (Wildman–Crippen MR) is 108 cm³/mol. The number of unbranched alkanes of at least 4 members (excludes halogenated alkanes) is 1. The Balaban J connectivity index is 1.59. The molecule has 1 fully saturated rings. The van der Waals surface area contributed by atoms with Gasteiger partial charge in [0, 0.05) is 5.56 Å². The highest BCUT2D eigenvalue weighted by Crippen LogP contribution is 2.48. The van der Waals surface area contributed by atoms with E-state index in [0.29, 0.717) is 42.6 Å². The average Bonchev–Trinajstić information content (AvgIpc) is 2.94. The number of para-hydroxylation sites is 1. The first kappa shape index (κ1) is 19.2. The van der Waals surface area contributed by atoms with E-state index in [1.165, 1.54) is 0 Å². The van der Waals surface area contributed by atoms with Crippen LogP contribution in [0.25, 0.3) is 0 Å². The molecule has 0 aromatic heterocycles. The van der Waals surface area contributed by atoms with Crippen LogP contribution in [0.1, 0.15) is 37.3 Å². The van der Waals surface area contributed by atoms with Gasteiger partial charge in [0.1, 0.15) is 5.75 Å². The number of fused-ring (bicyclic) bond motifs is 2. The van der Waals surface area contributed by atoms with Crippen LogP contribution in [0.3, 0.4) is 0 Å². The number of rotatable bonds is 6. The van der Waals surface area contributed by atoms with Gasteiger partial charge in [0.2, 0.25) is 0 Å². The molecule has 5 nitrogen and oxygen atoms in total. The van der Waals surface area contributed by atoms with Gasteiger partial charge in [-0.05, 0) is 36.6 Å². The minimum Gasteiger partial charge on any atom is -0.494 e. The number of nitrogens with zero attached hydrogens (tertiary/aromatic N) is 1. The van der Waals surface area contributed by atoms with E-state index >= 15 is 0 Å². The largest absolute Gasteiger partial charge is 0.494 e. The molecule has 0 radical (unpaired) electrons. The number of carbonyl (C=O) groups excluding carboxylic acids is 1. The molecule has 1 saturated heterocycles. The molecule has 148 valence electrons. The van der Waals surface area contributed by atoms with Gasteiger partial charge in [-0.1, -0.05) is 49.2 Å². The van der Waals surface area contributed by atoms with E-state index in [0.717, 1.165) is 30.6 Å². The number of amides is 1. The van der Waals surface area contributed by atoms with Gasteiger partial charge in [-0.25, -0.2) is 0 Å². The molecule has 0 unspecified atom stereocenters. The Bertz CT molecular complexity index is 846. The van der Waals surface area contributed by atoms with Crippen LogP contribution in [0.2, 0.25) is 5.02 Å². The first-order valence-corrected chi connectivity index (χ1v) is 10.1. The maximum absolute atomic E-state index is 13.3. The minimum atomic E-state index is -1.37. The molecule has 2 aliphatic rings. The number of hydrogen-bond acceptors (Lipinski definition) is 4. The van der Waals surface area contributed by atoms with Gasteiger partial charge < -0.3 is 19.1 Å². The zero-order valence-electron chi connectivity index (χ0n) is 15.9. The molecule has 2 aromatic rings. The SMILES string of the molecule is CCCCOc1ccc(CN2C(=O)C3(OCCCO3)c3cccc(Cl)c32)cc1. The summed E-state index contributed by atoms with van der Waals surface area (Å²) in [7, 11) is 0. The molecule has 2 heterocycles. The number of anilines is 1. The summed E-state index contributed by atoms with van der Waals surface area (Å²) in [6, 6.07) is 13.3. The van der Waals surface area contributed by atoms with Gasteiger partial charge >= 0.3 is 0 Å². The van der Waals surface area contributed by atoms with E-state index in [4.69, 9.17) is 25.8 Å². The van der Waals surface area contributed by atoms with Crippen LogP contribution in [-0.4, -0.2) is 25.7 Å². The Labute approximate surface area is 170 Å². The van der Waals surface area contributed by atoms with Crippen molar-refractivity contribution < 1.29 is 19.0 Å². The molecule has 0 N–H and O–H groups in total. The van der Waals surface area contributed by atoms with Crippen LogP contribution in [-0.2, 0) is 26.6 Å². The fraction of sp³-hybridized carbons (Fsp3) is 0.409. The Morgan fingerprint density at radius 3 is 2.61 bits per heavy atom. The molecule has 1 amide bonds. The Hall–Kier alpha value is -2.08. The van der Waals surface area contributed by atoms with Crippen LogP contribution in [0.4, 0.5) is 5.69 Å². The third-order valence-corrected chi connectivity index (χ3v) is 5.37. The Kier molecular flexibility index (Phi) is 5.58. The van der Waals surface area contributed by atoms with E-state index in [9.17, 15) is 4.79 Å². The van der Waals surface area contributed by atoms with Crippen molar-refractivity contribution >= 4 is 23.2 Å². The van der Waals surface area contributed by atoms with Crippen molar-refractivity contribution in [2.24, 2.45) is 0 Å². The molecule has 2 aliphatic heterocycles. The Morgan fingerprint density at radius 1 is 1.14 bits per heavy atom. The monoisotopic (exact) mass is 401 g/mol. The normalized spacial score (nSPS) is 17.8. The van der Waals surface area contributed by atoms with E-state index in [1.807, 2.05) is 36.4 Å². The van der Waals surface area contributed by atoms with Gasteiger partial charge in [0.15, 0.2) is 0 Å². The van der Waals surface area contributed by atoms with Crippen molar-refractivity contribution in [2.75, 3.05) is 24.7 Å². The van der Waals surface area contributed by atoms with E-state index in [-0.39, 0.29) is 5.91 Å². The summed E-state index contributed by atoms with van der Waals surface area (Å²) in [5, 5.41) is 0.514. The maximum Gasteiger partial charge on any atom is 0.292 e. The lowest BCUT2D eigenvalue weighted by molar-refractivity contribution is -0.256. The van der Waals surface area contributed by atoms with Gasteiger partial charge in [0.05, 0.1) is 37.1 Å². The molecule has 0 bridgehead atoms. The molecule has 0 saturated carbocycles. The summed E-state index contributed by atoms with van der Waals surface area (Å²) in [6.45, 7) is 4.19. The van der Waals surface area contributed by atoms with Crippen molar-refractivity contribution in [3.05, 3.63) is 58.6 Å². The fourth-order valence-electron chi connectivity index (χ4n) is 3.62. The highest BCUT2D eigenvalue weighted by atomic mass is 35.5. The molecular weight excluding hydrogens is 378 g/mol. The third kappa shape index (κ3) is 3.39. The summed E-state index contributed by atoms with van der Waals surface area (Å²) in [5.74, 6) is -0.765. The molecule has 2 aromatic carbocycles. The zero-order valence-corrected chi connectivity index (χ0v) is 16.7. The second-order valence-electron chi connectivity index (χ2n) is 7.04. The molecule has 0 aliphatic carbocycles. The second kappa shape index (κ2) is 8.11. The highest BCUT2D eigenvalue weighted by molar-refractivity contribution is 6.34. The van der Waals surface area contributed by atoms with Crippen molar-refractivity contribution in [1.29, 1.82) is 0 Å². The summed E-state index contributed by atoms with van der Waals surface area (Å²) in [4.78, 5) is 15.0. The summed E-state index contributed by atoms with van der Waals surface area (Å²) >= 11 is 6.47. The average molecular weight is 402 g/mol. The number of halogens is 1. The summed E-state index contributed by atoms with van der Waals surface area (Å²) in [5.41, 5.74) is 2.33. The second-order valence-corrected chi connectivity index (χ2v) is 7.45. The van der Waals surface area contributed by atoms with Crippen LogP contribution in [0, 0.1) is 0 Å². The standard InChI is InChI=1S/C22H24ClNO4/c1-2-3-12-26-17-10-8-16(9-11-17)15-24-20-18(6-4-7-19(20)23)22(21(24)25)27-13-5-14-28-22/h4,6-11H,2-3,5,12-15H2,1H3. The third-order valence-electron chi connectivity index (χ3n) is 5.07. The molecule has 6 heteroatoms. The van der Waals surface area contributed by atoms with Crippen molar-refractivity contribution in [1.82, 2.24) is 0 Å². The first-order valence-electron chi connectivity index (χ1n) is 9.76. The van der Waals surface area contributed by atoms with Crippen molar-refractivity contribution in [3.8, 4) is 5.75 Å². The molecular formula is C22H24ClNO4. The molecule has 0 atom stereocenters. The first-order chi connectivity index (χ1) is 13.7. The van der Waals surface area contributed by atoms with Crippen LogP contribution in [0.5, 0.6) is 5.75 Å². The lowest BCUT2D eigenvalue weighted by Crippen LogP contribution is -2.47. The molecule has 1 spiro atoms. The minimum absolute atomic E-state index is 0.224. The predicted octanol–water partition coefficient (Wildman–Crippen LogP) is 4.66. The van der Waals surface area contributed by atoms with Crippen LogP contribution in [0.15, 0.2) is 42.5 Å². The zero-order chi connectivity index (χ0) is 19.6. The van der Waals surface area contributed by atoms with E-state index in [1.54, 1.807) is 11.0 Å². The summed E-state index contributed by atoms with van der Waals surface area (Å²) < 4.78 is 17.5. The topological polar surface area (TPSA) is 48.0 Å². The van der Waals surface area contributed by atoms with E-state index in [2.05, 4.69) is 6.92 Å². The molecule has 4 rings (SSSR count). The lowest BCUT2D eigenvalue weighted by Gasteiger charge is -2.32. The number of carbonyl (C=O) groups is 1. The number of ether oxygens (including phenoxy) is 3. The Morgan fingerprint density at radius 2 is 1.89 bits per heavy atom. The fourth-order valence-corrected chi connectivity index (χ4v) is 3.90. The van der Waals surface area contributed by atoms with Crippen LogP contribution < -0.4 is 9.64 Å². The molecule has 28 heavy (non-hydrogen) atoms. The number of benzene rings is 2. The maximum atomic E-state index is 13.3. The smallest absolute Gasteiger partial charge is 0.292 e. The van der Waals surface area contributed by atoms with Gasteiger partial charge in [-0.2, -0.15) is 0 Å². The van der Waals surface area contributed by atoms with Gasteiger partial charge in [-0.15, -0.1) is 0 Å². The quantitative estimate of drug-likeness (QED) is 0.661.